The van der Waals surface area contributed by atoms with Crippen molar-refractivity contribution < 1.29 is 75.7 Å². The second-order valence-corrected chi connectivity index (χ2v) is 27.3. The molecule has 0 spiro atoms. The van der Waals surface area contributed by atoms with Crippen LogP contribution in [0.2, 0.25) is 0 Å². The highest BCUT2D eigenvalue weighted by Crippen LogP contribution is 2.66. The summed E-state index contributed by atoms with van der Waals surface area (Å²) in [4.78, 5) is 81.6. The molecule has 3 aromatic carbocycles. The molecule has 0 aliphatic carbocycles. The van der Waals surface area contributed by atoms with Gasteiger partial charge in [0.25, 0.3) is 5.91 Å². The fraction of sp³-hybridized carbons (Fsp3) is 0.474. The number of carbonyl (C=O) groups excluding carboxylic acids is 2. The van der Waals surface area contributed by atoms with Gasteiger partial charge in [-0.2, -0.15) is 8.62 Å². The third-order valence-corrected chi connectivity index (χ3v) is 19.6. The van der Waals surface area contributed by atoms with Crippen molar-refractivity contribution in [2.24, 2.45) is 0 Å². The Balaban J connectivity index is 0.802. The first-order valence-electron chi connectivity index (χ1n) is 28.4. The Morgan fingerprint density at radius 2 is 1.55 bits per heavy atom. The van der Waals surface area contributed by atoms with Crippen LogP contribution >= 0.6 is 23.5 Å². The summed E-state index contributed by atoms with van der Waals surface area (Å²) in [5.74, 6) is 1.24. The van der Waals surface area contributed by atoms with Gasteiger partial charge in [0.2, 0.25) is 17.2 Å². The first-order chi connectivity index (χ1) is 40.4. The predicted molar refractivity (Wildman–Crippen MR) is 322 cm³/mol. The molecule has 2 unspecified atom stereocenters. The quantitative estimate of drug-likeness (QED) is 0.0188. The Morgan fingerprint density at radius 1 is 0.837 bits per heavy atom. The Labute approximate surface area is 497 Å². The van der Waals surface area contributed by atoms with E-state index >= 15 is 0 Å². The van der Waals surface area contributed by atoms with E-state index in [-0.39, 0.29) is 52.2 Å². The van der Waals surface area contributed by atoms with E-state index in [0.717, 1.165) is 87.8 Å². The van der Waals surface area contributed by atoms with Crippen LogP contribution in [0.1, 0.15) is 133 Å². The molecule has 2 amide bonds. The second-order valence-electron chi connectivity index (χ2n) is 22.9. The van der Waals surface area contributed by atoms with Gasteiger partial charge in [-0.3, -0.25) is 18.7 Å². The van der Waals surface area contributed by atoms with Crippen molar-refractivity contribution in [2.45, 2.75) is 130 Å². The van der Waals surface area contributed by atoms with E-state index in [1.54, 1.807) is 11.9 Å². The number of carbonyl (C=O) groups is 2. The summed E-state index contributed by atoms with van der Waals surface area (Å²) in [6.07, 6.45) is 2.66. The number of nitrogens with two attached hydrogens (primary N) is 1. The first-order valence-corrected chi connectivity index (χ1v) is 33.0. The van der Waals surface area contributed by atoms with E-state index in [4.69, 9.17) is 25.0 Å². The highest BCUT2D eigenvalue weighted by Gasteiger charge is 2.48. The molecule has 29 heteroatoms. The molecule has 6 heterocycles. The first kappa shape index (κ1) is 64.3. The van der Waals surface area contributed by atoms with Crippen LogP contribution in [0, 0.1) is 0 Å². The number of aliphatic hydroxyl groups excluding tert-OH is 2. The number of nitrogen functional groups attached to an aromatic ring is 1. The number of aliphatic hydroxyl groups is 2. The number of fused-ring (bicyclic) bond motifs is 5. The molecular weight excluding hydrogens is 1170 g/mol. The minimum atomic E-state index is -5.82. The summed E-state index contributed by atoms with van der Waals surface area (Å²) >= 11 is 0. The number of imidazole rings is 1. The van der Waals surface area contributed by atoms with Gasteiger partial charge in [-0.1, -0.05) is 37.1 Å². The van der Waals surface area contributed by atoms with Gasteiger partial charge in [-0.25, -0.2) is 33.2 Å². The van der Waals surface area contributed by atoms with Crippen LogP contribution in [0.15, 0.2) is 67.0 Å². The maximum atomic E-state index is 14.7. The third-order valence-electron chi connectivity index (χ3n) is 15.8. The number of anilines is 3. The van der Waals surface area contributed by atoms with Gasteiger partial charge in [0, 0.05) is 98.3 Å². The van der Waals surface area contributed by atoms with Gasteiger partial charge in [0.15, 0.2) is 28.7 Å². The summed E-state index contributed by atoms with van der Waals surface area (Å²) in [7, 11) is -15.3. The second kappa shape index (κ2) is 25.1. The number of aromatic nitrogens is 4. The molecule has 26 nitrogen and oxygen atoms in total. The molecule has 1 fully saturated rings. The van der Waals surface area contributed by atoms with Crippen molar-refractivity contribution in [1.82, 2.24) is 34.3 Å². The molecule has 1 saturated heterocycles. The third kappa shape index (κ3) is 13.6. The van der Waals surface area contributed by atoms with Gasteiger partial charge >= 0.3 is 23.5 Å². The summed E-state index contributed by atoms with van der Waals surface area (Å²) in [6.45, 7) is 19.2. The zero-order valence-electron chi connectivity index (χ0n) is 49.5. The monoisotopic (exact) mass is 1250 g/mol. The van der Waals surface area contributed by atoms with E-state index in [1.807, 2.05) is 24.3 Å². The largest absolute Gasteiger partial charge is 0.490 e. The Hall–Kier alpha value is -6.21. The van der Waals surface area contributed by atoms with Crippen molar-refractivity contribution in [3.63, 3.8) is 0 Å². The lowest BCUT2D eigenvalue weighted by atomic mass is 9.83. The summed E-state index contributed by atoms with van der Waals surface area (Å²) in [5.41, 5.74) is 14.7. The smallest absolute Gasteiger partial charge is 0.456 e. The maximum absolute atomic E-state index is 14.7. The van der Waals surface area contributed by atoms with Crippen molar-refractivity contribution in [3.05, 3.63) is 105 Å². The van der Waals surface area contributed by atoms with Gasteiger partial charge in [0.1, 0.15) is 42.7 Å². The topological polar surface area (TPSA) is 356 Å². The number of phosphoric ester groups is 1. The van der Waals surface area contributed by atoms with Crippen molar-refractivity contribution >= 4 is 80.6 Å². The van der Waals surface area contributed by atoms with Crippen LogP contribution in [0.3, 0.4) is 0 Å². The zero-order chi connectivity index (χ0) is 62.4. The van der Waals surface area contributed by atoms with Crippen LogP contribution in [0.4, 0.5) is 17.5 Å². The van der Waals surface area contributed by atoms with Crippen molar-refractivity contribution in [2.75, 3.05) is 62.3 Å². The van der Waals surface area contributed by atoms with Crippen LogP contribution in [-0.4, -0.2) is 142 Å². The number of rotatable bonds is 24. The molecule has 86 heavy (non-hydrogen) atoms. The van der Waals surface area contributed by atoms with E-state index in [1.165, 1.54) is 15.7 Å². The average Bonchev–Trinajstić information content (AvgIpc) is 0.925. The Morgan fingerprint density at radius 3 is 2.26 bits per heavy atom. The average molecular weight is 1250 g/mol. The van der Waals surface area contributed by atoms with Crippen LogP contribution < -0.4 is 41.2 Å². The SMILES string of the molecule is CCN1c2cc3c(cc2C(C)=CC1(C)C)C(c1ccccc1C(=O)N(C)CCCC(=O)NCCCCCCNc1nc2c(N)ncnc2n1[C@@H]1O[C@H](COP(=O)(O)OP(=O)(O)OP(=O)(O)O)[C@@H](O)[C@H]1O)=c1cc2c(cc1O3)=[N+](CC)C(C)(C)C=C2C. The molecular formula is C57H76N10O16P3+. The lowest BCUT2D eigenvalue weighted by molar-refractivity contribution is -0.121. The van der Waals surface area contributed by atoms with Gasteiger partial charge in [-0.05, 0) is 102 Å². The van der Waals surface area contributed by atoms with Crippen molar-refractivity contribution in [3.8, 4) is 11.5 Å². The van der Waals surface area contributed by atoms with E-state index in [0.29, 0.717) is 44.5 Å². The number of allylic oxidation sites excluding steroid dienone is 2. The van der Waals surface area contributed by atoms with Crippen LogP contribution in [0.25, 0.3) is 27.9 Å². The number of likely N-dealkylation sites (N-methyl/N-ethyl adjacent to an activating group) is 2. The molecule has 0 bridgehead atoms. The molecule has 10 N–H and O–H groups in total. The van der Waals surface area contributed by atoms with Crippen LogP contribution in [0.5, 0.6) is 11.5 Å². The molecule has 9 rings (SSSR count). The van der Waals surface area contributed by atoms with Gasteiger partial charge in [0.05, 0.1) is 18.2 Å². The number of phosphoric acid groups is 3. The fourth-order valence-electron chi connectivity index (χ4n) is 12.1. The minimum Gasteiger partial charge on any atom is -0.456 e. The van der Waals surface area contributed by atoms with E-state index in [9.17, 15) is 43.3 Å². The number of hydrogen-bond donors (Lipinski definition) is 9. The number of unbranched alkanes of at least 4 members (excludes halogenated alkanes) is 3. The molecule has 2 aromatic heterocycles. The molecule has 5 aromatic rings. The molecule has 6 atom stereocenters. The summed E-state index contributed by atoms with van der Waals surface area (Å²) in [6, 6.07) is 16.5. The Bertz CT molecular complexity index is 3830. The summed E-state index contributed by atoms with van der Waals surface area (Å²) in [5, 5.41) is 30.1. The Kier molecular flexibility index (Phi) is 18.8. The van der Waals surface area contributed by atoms with Crippen molar-refractivity contribution in [1.29, 1.82) is 0 Å². The van der Waals surface area contributed by atoms with E-state index in [2.05, 4.69) is 140 Å². The molecule has 4 aliphatic heterocycles. The number of ether oxygens (including phenoxy) is 2. The normalized spacial score (nSPS) is 20.8. The lowest BCUT2D eigenvalue weighted by Crippen LogP contribution is -2.49. The number of nitrogens with one attached hydrogen (secondary N) is 2. The number of hydrogen-bond acceptors (Lipinski definition) is 18. The zero-order valence-corrected chi connectivity index (χ0v) is 52.1. The molecule has 4 aliphatic rings. The van der Waals surface area contributed by atoms with Gasteiger partial charge < -0.3 is 65.4 Å². The summed E-state index contributed by atoms with van der Waals surface area (Å²) < 4.78 is 63.7. The standard InChI is InChI=1S/C57H75N10O16P3/c1-10-65-41-27-43-39(25-37(41)33(3)29-56(65,5)6)47(40-26-38-34(4)30-57(7,8)66(11-2)42(38)28-44(40)80-43)35-19-14-15-20-36(35)53(71)64(9)24-18-21-46(68)59-22-16-12-13-17-23-60-55-63-48-51(58)61-32-62-52(48)67(55)54-50(70)49(69)45(81-54)31-79-85(75,76)83-86(77,78)82-84(72,73)74/h14-15,19-20,25-30,32,45,49-50,54,58,69-70H,10-13,16-18,21-24,31H2,1-9H3,(H6,59,68,71,72,73,74,75,76,77,78)/p+1/t45-,49-,50-,54-/m1/s1. The predicted octanol–water partition coefficient (Wildman–Crippen LogP) is 6.09. The fourth-order valence-corrected chi connectivity index (χ4v) is 15.1. The molecule has 0 saturated carbocycles. The molecule has 464 valence electrons. The molecule has 0 radical (unpaired) electrons. The minimum absolute atomic E-state index is 0.0144. The highest BCUT2D eigenvalue weighted by atomic mass is 31.3. The highest BCUT2D eigenvalue weighted by molar-refractivity contribution is 7.66. The van der Waals surface area contributed by atoms with Gasteiger partial charge in [-0.15, -0.1) is 0 Å². The maximum Gasteiger partial charge on any atom is 0.490 e. The number of nitrogens with zero attached hydrogens (tertiary/aromatic N) is 7. The number of amides is 2. The van der Waals surface area contributed by atoms with Crippen LogP contribution in [-0.2, 0) is 36.4 Å². The lowest BCUT2D eigenvalue weighted by Gasteiger charge is -2.43. The number of benzene rings is 3. The van der Waals surface area contributed by atoms with E-state index < -0.39 is 54.6 Å².